The molecule has 2 amide bonds. The van der Waals surface area contributed by atoms with Gasteiger partial charge in [-0.15, -0.1) is 0 Å². The van der Waals surface area contributed by atoms with E-state index in [4.69, 9.17) is 27.7 Å². The molecule has 1 aromatic heterocycles. The Kier molecular flexibility index (Phi) is 7.34. The molecular weight excluding hydrogens is 489 g/mol. The Morgan fingerprint density at radius 2 is 1.60 bits per heavy atom. The SMILES string of the molecule is Cc1onc(-c2c(Cl)cccc2Cl)c1C(=O)N1CCN(CC(=O)N2CCN(C3CCC3)CC2)CC1. The van der Waals surface area contributed by atoms with Gasteiger partial charge in [0.15, 0.2) is 0 Å². The van der Waals surface area contributed by atoms with Crippen LogP contribution in [-0.4, -0.2) is 102 Å². The number of piperazine rings is 2. The summed E-state index contributed by atoms with van der Waals surface area (Å²) in [6, 6.07) is 5.91. The second kappa shape index (κ2) is 10.5. The number of halogens is 2. The van der Waals surface area contributed by atoms with Crippen molar-refractivity contribution in [3.8, 4) is 11.3 Å². The van der Waals surface area contributed by atoms with Crippen LogP contribution in [0, 0.1) is 6.92 Å². The molecule has 0 spiro atoms. The highest BCUT2D eigenvalue weighted by Gasteiger charge is 2.32. The minimum atomic E-state index is -0.159. The summed E-state index contributed by atoms with van der Waals surface area (Å²) < 4.78 is 5.37. The van der Waals surface area contributed by atoms with Gasteiger partial charge in [0.05, 0.1) is 16.6 Å². The molecule has 2 aromatic rings. The Morgan fingerprint density at radius 3 is 2.20 bits per heavy atom. The van der Waals surface area contributed by atoms with Crippen molar-refractivity contribution in [1.82, 2.24) is 24.8 Å². The summed E-state index contributed by atoms with van der Waals surface area (Å²) >= 11 is 12.7. The maximum Gasteiger partial charge on any atom is 0.259 e. The van der Waals surface area contributed by atoms with Gasteiger partial charge in [0.1, 0.15) is 17.0 Å². The molecule has 0 atom stereocenters. The fourth-order valence-electron chi connectivity index (χ4n) is 5.17. The molecule has 1 aromatic carbocycles. The summed E-state index contributed by atoms with van der Waals surface area (Å²) in [6.07, 6.45) is 3.95. The molecular formula is C25H31Cl2N5O3. The topological polar surface area (TPSA) is 73.1 Å². The lowest BCUT2D eigenvalue weighted by Crippen LogP contribution is -2.56. The third kappa shape index (κ3) is 5.07. The van der Waals surface area contributed by atoms with Crippen molar-refractivity contribution in [3.05, 3.63) is 39.6 Å². The molecule has 3 fully saturated rings. The maximum atomic E-state index is 13.4. The highest BCUT2D eigenvalue weighted by molar-refractivity contribution is 6.39. The van der Waals surface area contributed by atoms with Crippen LogP contribution in [0.1, 0.15) is 35.4 Å². The van der Waals surface area contributed by atoms with Gasteiger partial charge in [-0.2, -0.15) is 0 Å². The van der Waals surface area contributed by atoms with Gasteiger partial charge in [-0.25, -0.2) is 0 Å². The van der Waals surface area contributed by atoms with Crippen molar-refractivity contribution in [2.45, 2.75) is 32.2 Å². The molecule has 10 heteroatoms. The van der Waals surface area contributed by atoms with E-state index >= 15 is 0 Å². The first kappa shape index (κ1) is 24.6. The average molecular weight is 520 g/mol. The van der Waals surface area contributed by atoms with E-state index in [0.29, 0.717) is 65.4 Å². The zero-order chi connectivity index (χ0) is 24.5. The van der Waals surface area contributed by atoms with Crippen molar-refractivity contribution in [2.24, 2.45) is 0 Å². The molecule has 0 radical (unpaired) electrons. The smallest absolute Gasteiger partial charge is 0.259 e. The first-order chi connectivity index (χ1) is 16.9. The molecule has 3 heterocycles. The predicted molar refractivity (Wildman–Crippen MR) is 135 cm³/mol. The molecule has 2 saturated heterocycles. The fourth-order valence-corrected chi connectivity index (χ4v) is 5.74. The standard InChI is InChI=1S/C25H31Cl2N5O3/c1-17-22(24(28-35-17)23-19(26)6-3-7-20(23)27)25(34)32-10-8-29(9-11-32)16-21(33)31-14-12-30(13-15-31)18-4-2-5-18/h3,6-7,18H,2,4-5,8-16H2,1H3. The third-order valence-corrected chi connectivity index (χ3v) is 8.18. The highest BCUT2D eigenvalue weighted by Crippen LogP contribution is 2.37. The fraction of sp³-hybridized carbons (Fsp3) is 0.560. The van der Waals surface area contributed by atoms with E-state index in [1.54, 1.807) is 30.0 Å². The van der Waals surface area contributed by atoms with Crippen LogP contribution in [0.5, 0.6) is 0 Å². The third-order valence-electron chi connectivity index (χ3n) is 7.55. The Hall–Kier alpha value is -2.13. The summed E-state index contributed by atoms with van der Waals surface area (Å²) in [7, 11) is 0. The number of carbonyl (C=O) groups is 2. The van der Waals surface area contributed by atoms with Gasteiger partial charge in [0.2, 0.25) is 5.91 Å². The van der Waals surface area contributed by atoms with Crippen LogP contribution in [0.25, 0.3) is 11.3 Å². The van der Waals surface area contributed by atoms with Crippen molar-refractivity contribution < 1.29 is 14.1 Å². The molecule has 35 heavy (non-hydrogen) atoms. The van der Waals surface area contributed by atoms with E-state index in [2.05, 4.69) is 15.0 Å². The summed E-state index contributed by atoms with van der Waals surface area (Å²) in [4.78, 5) is 34.8. The number of aryl methyl sites for hydroxylation is 1. The molecule has 0 N–H and O–H groups in total. The lowest BCUT2D eigenvalue weighted by molar-refractivity contribution is -0.135. The van der Waals surface area contributed by atoms with E-state index in [9.17, 15) is 9.59 Å². The second-order valence-corrected chi connectivity index (χ2v) is 10.4. The number of aromatic nitrogens is 1. The predicted octanol–water partition coefficient (Wildman–Crippen LogP) is 3.41. The number of nitrogens with zero attached hydrogens (tertiary/aromatic N) is 5. The zero-order valence-electron chi connectivity index (χ0n) is 20.0. The van der Waals surface area contributed by atoms with E-state index in [0.717, 1.165) is 32.2 Å². The van der Waals surface area contributed by atoms with Gasteiger partial charge in [0.25, 0.3) is 5.91 Å². The minimum absolute atomic E-state index is 0.159. The van der Waals surface area contributed by atoms with E-state index in [-0.39, 0.29) is 11.8 Å². The van der Waals surface area contributed by atoms with Gasteiger partial charge in [-0.05, 0) is 31.9 Å². The van der Waals surface area contributed by atoms with E-state index < -0.39 is 0 Å². The Bertz CT molecular complexity index is 1070. The summed E-state index contributed by atoms with van der Waals surface area (Å²) in [5.74, 6) is 0.455. The highest BCUT2D eigenvalue weighted by atomic mass is 35.5. The van der Waals surface area contributed by atoms with Gasteiger partial charge >= 0.3 is 0 Å². The van der Waals surface area contributed by atoms with Gasteiger partial charge in [-0.3, -0.25) is 19.4 Å². The van der Waals surface area contributed by atoms with Crippen LogP contribution in [0.15, 0.2) is 22.7 Å². The lowest BCUT2D eigenvalue weighted by atomic mass is 9.91. The molecule has 0 bridgehead atoms. The number of amides is 2. The number of hydrogen-bond acceptors (Lipinski definition) is 6. The number of hydrogen-bond donors (Lipinski definition) is 0. The Labute approximate surface area is 215 Å². The summed E-state index contributed by atoms with van der Waals surface area (Å²) in [5, 5.41) is 4.93. The second-order valence-electron chi connectivity index (χ2n) is 9.63. The average Bonchev–Trinajstić information content (AvgIpc) is 3.19. The largest absolute Gasteiger partial charge is 0.360 e. The molecule has 1 aliphatic carbocycles. The first-order valence-corrected chi connectivity index (χ1v) is 13.1. The van der Waals surface area contributed by atoms with Crippen molar-refractivity contribution in [2.75, 3.05) is 58.9 Å². The monoisotopic (exact) mass is 519 g/mol. The Balaban J connectivity index is 1.17. The number of rotatable bonds is 5. The zero-order valence-corrected chi connectivity index (χ0v) is 21.5. The quantitative estimate of drug-likeness (QED) is 0.602. The van der Waals surface area contributed by atoms with Crippen LogP contribution < -0.4 is 0 Å². The maximum absolute atomic E-state index is 13.4. The number of carbonyl (C=O) groups excluding carboxylic acids is 2. The molecule has 2 aliphatic heterocycles. The summed E-state index contributed by atoms with van der Waals surface area (Å²) in [6.45, 7) is 8.05. The van der Waals surface area contributed by atoms with Crippen LogP contribution >= 0.6 is 23.2 Å². The van der Waals surface area contributed by atoms with Crippen molar-refractivity contribution in [3.63, 3.8) is 0 Å². The number of benzene rings is 1. The van der Waals surface area contributed by atoms with Crippen molar-refractivity contribution >= 4 is 35.0 Å². The molecule has 188 valence electrons. The minimum Gasteiger partial charge on any atom is -0.360 e. The first-order valence-electron chi connectivity index (χ1n) is 12.4. The van der Waals surface area contributed by atoms with Gasteiger partial charge in [0, 0.05) is 64.0 Å². The van der Waals surface area contributed by atoms with Gasteiger partial charge in [-0.1, -0.05) is 40.8 Å². The van der Waals surface area contributed by atoms with Crippen LogP contribution in [0.4, 0.5) is 0 Å². The van der Waals surface area contributed by atoms with Crippen LogP contribution in [0.3, 0.4) is 0 Å². The van der Waals surface area contributed by atoms with Crippen LogP contribution in [0.2, 0.25) is 10.0 Å². The molecule has 0 unspecified atom stereocenters. The van der Waals surface area contributed by atoms with E-state index in [1.165, 1.54) is 19.3 Å². The van der Waals surface area contributed by atoms with Crippen LogP contribution in [-0.2, 0) is 4.79 Å². The van der Waals surface area contributed by atoms with Crippen molar-refractivity contribution in [1.29, 1.82) is 0 Å². The molecule has 1 saturated carbocycles. The molecule has 3 aliphatic rings. The van der Waals surface area contributed by atoms with Gasteiger partial charge < -0.3 is 14.3 Å². The van der Waals surface area contributed by atoms with E-state index in [1.807, 2.05) is 4.90 Å². The Morgan fingerprint density at radius 1 is 0.971 bits per heavy atom. The molecule has 8 nitrogen and oxygen atoms in total. The normalized spacial score (nSPS) is 20.2. The summed E-state index contributed by atoms with van der Waals surface area (Å²) in [5.41, 5.74) is 1.24. The molecule has 5 rings (SSSR count). The lowest BCUT2D eigenvalue weighted by Gasteiger charge is -2.43.